The second kappa shape index (κ2) is 12.5. The lowest BCUT2D eigenvalue weighted by atomic mass is 9.67. The number of nitrogens with zero attached hydrogens (tertiary/aromatic N) is 2. The van der Waals surface area contributed by atoms with E-state index in [-0.39, 0.29) is 24.0 Å². The van der Waals surface area contributed by atoms with Gasteiger partial charge in [-0.2, -0.15) is 0 Å². The summed E-state index contributed by atoms with van der Waals surface area (Å²) < 4.78 is 5.27. The first kappa shape index (κ1) is 23.2. The molecule has 1 saturated carbocycles. The van der Waals surface area contributed by atoms with Crippen LogP contribution >= 0.6 is 24.0 Å². The predicted molar refractivity (Wildman–Crippen MR) is 120 cm³/mol. The fourth-order valence-corrected chi connectivity index (χ4v) is 3.34. The molecule has 26 heavy (non-hydrogen) atoms. The summed E-state index contributed by atoms with van der Waals surface area (Å²) >= 11 is 0. The van der Waals surface area contributed by atoms with Crippen molar-refractivity contribution < 1.29 is 4.74 Å². The third-order valence-corrected chi connectivity index (χ3v) is 5.19. The lowest BCUT2D eigenvalue weighted by Crippen LogP contribution is -2.48. The van der Waals surface area contributed by atoms with Gasteiger partial charge in [0, 0.05) is 46.9 Å². The van der Waals surface area contributed by atoms with Gasteiger partial charge in [-0.25, -0.2) is 0 Å². The normalized spacial score (nSPS) is 15.9. The van der Waals surface area contributed by atoms with Crippen LogP contribution in [0.1, 0.15) is 31.2 Å². The van der Waals surface area contributed by atoms with Crippen LogP contribution in [-0.4, -0.2) is 58.3 Å². The van der Waals surface area contributed by atoms with E-state index < -0.39 is 0 Å². The highest BCUT2D eigenvalue weighted by atomic mass is 127. The Bertz CT molecular complexity index is 520. The SMILES string of the molecule is CN=C(NCCN(C)Cc1ccccc1)NCC1(CCOC)CCC1.I. The van der Waals surface area contributed by atoms with Gasteiger partial charge in [0.15, 0.2) is 5.96 Å². The molecule has 6 heteroatoms. The van der Waals surface area contributed by atoms with E-state index in [1.165, 1.54) is 24.8 Å². The van der Waals surface area contributed by atoms with Gasteiger partial charge in [0.05, 0.1) is 0 Å². The predicted octanol–water partition coefficient (Wildman–Crippen LogP) is 3.11. The van der Waals surface area contributed by atoms with Crippen molar-refractivity contribution in [1.29, 1.82) is 0 Å². The van der Waals surface area contributed by atoms with Gasteiger partial charge < -0.3 is 20.3 Å². The van der Waals surface area contributed by atoms with Gasteiger partial charge in [-0.15, -0.1) is 24.0 Å². The van der Waals surface area contributed by atoms with E-state index in [4.69, 9.17) is 4.74 Å². The summed E-state index contributed by atoms with van der Waals surface area (Å²) in [6, 6.07) is 10.6. The van der Waals surface area contributed by atoms with Gasteiger partial charge in [0.1, 0.15) is 0 Å². The highest BCUT2D eigenvalue weighted by Crippen LogP contribution is 2.43. The number of aliphatic imine (C=N–C) groups is 1. The molecule has 1 aliphatic carbocycles. The lowest BCUT2D eigenvalue weighted by molar-refractivity contribution is 0.0732. The highest BCUT2D eigenvalue weighted by Gasteiger charge is 2.36. The fourth-order valence-electron chi connectivity index (χ4n) is 3.34. The maximum Gasteiger partial charge on any atom is 0.191 e. The van der Waals surface area contributed by atoms with Crippen molar-refractivity contribution in [2.75, 3.05) is 47.4 Å². The molecule has 0 aliphatic heterocycles. The van der Waals surface area contributed by atoms with E-state index in [9.17, 15) is 0 Å². The first-order valence-electron chi connectivity index (χ1n) is 9.33. The number of ether oxygens (including phenoxy) is 1. The largest absolute Gasteiger partial charge is 0.385 e. The molecule has 2 N–H and O–H groups in total. The molecule has 0 atom stereocenters. The summed E-state index contributed by atoms with van der Waals surface area (Å²) in [6.45, 7) is 4.65. The average Bonchev–Trinajstić information content (AvgIpc) is 2.59. The molecule has 0 bridgehead atoms. The standard InChI is InChI=1S/C20H34N4O.HI/c1-21-19(23-17-20(10-7-11-20)12-15-25-3)22-13-14-24(2)16-18-8-5-4-6-9-18;/h4-6,8-9H,7,10-17H2,1-3H3,(H2,21,22,23);1H. The summed E-state index contributed by atoms with van der Waals surface area (Å²) in [7, 11) is 5.77. The van der Waals surface area contributed by atoms with Gasteiger partial charge in [0.25, 0.3) is 0 Å². The molecule has 1 fully saturated rings. The van der Waals surface area contributed by atoms with Crippen LogP contribution in [0.2, 0.25) is 0 Å². The molecule has 0 amide bonds. The Hall–Kier alpha value is -0.860. The van der Waals surface area contributed by atoms with Crippen LogP contribution < -0.4 is 10.6 Å². The first-order valence-corrected chi connectivity index (χ1v) is 9.33. The molecule has 1 aromatic rings. The van der Waals surface area contributed by atoms with Crippen LogP contribution in [0.15, 0.2) is 35.3 Å². The molecule has 1 aliphatic rings. The number of hydrogen-bond acceptors (Lipinski definition) is 3. The zero-order valence-electron chi connectivity index (χ0n) is 16.5. The molecule has 0 spiro atoms. The summed E-state index contributed by atoms with van der Waals surface area (Å²) in [4.78, 5) is 6.68. The zero-order valence-corrected chi connectivity index (χ0v) is 18.8. The molecule has 5 nitrogen and oxygen atoms in total. The molecule has 148 valence electrons. The molecular weight excluding hydrogens is 439 g/mol. The number of rotatable bonds is 10. The Morgan fingerprint density at radius 3 is 2.54 bits per heavy atom. The number of likely N-dealkylation sites (N-methyl/N-ethyl adjacent to an activating group) is 1. The monoisotopic (exact) mass is 474 g/mol. The quantitative estimate of drug-likeness (QED) is 0.311. The number of methoxy groups -OCH3 is 1. The minimum absolute atomic E-state index is 0. The Labute approximate surface area is 176 Å². The molecule has 0 unspecified atom stereocenters. The minimum atomic E-state index is 0. The van der Waals surface area contributed by atoms with Gasteiger partial charge in [-0.3, -0.25) is 4.99 Å². The van der Waals surface area contributed by atoms with Crippen molar-refractivity contribution in [3.05, 3.63) is 35.9 Å². The van der Waals surface area contributed by atoms with E-state index in [1.807, 2.05) is 7.05 Å². The van der Waals surface area contributed by atoms with Gasteiger partial charge in [0.2, 0.25) is 0 Å². The van der Waals surface area contributed by atoms with Crippen molar-refractivity contribution in [3.8, 4) is 0 Å². The van der Waals surface area contributed by atoms with Crippen LogP contribution in [0.4, 0.5) is 0 Å². The number of guanidine groups is 1. The van der Waals surface area contributed by atoms with Crippen molar-refractivity contribution >= 4 is 29.9 Å². The van der Waals surface area contributed by atoms with Crippen molar-refractivity contribution in [2.24, 2.45) is 10.4 Å². The van der Waals surface area contributed by atoms with Crippen molar-refractivity contribution in [2.45, 2.75) is 32.2 Å². The second-order valence-electron chi connectivity index (χ2n) is 7.17. The Balaban J connectivity index is 0.00000338. The maximum atomic E-state index is 5.27. The van der Waals surface area contributed by atoms with Crippen LogP contribution in [0.5, 0.6) is 0 Å². The molecule has 1 aromatic carbocycles. The lowest BCUT2D eigenvalue weighted by Gasteiger charge is -2.42. The summed E-state index contributed by atoms with van der Waals surface area (Å²) in [5.41, 5.74) is 1.75. The fraction of sp³-hybridized carbons (Fsp3) is 0.650. The molecule has 0 heterocycles. The third kappa shape index (κ3) is 7.80. The topological polar surface area (TPSA) is 48.9 Å². The molecule has 0 radical (unpaired) electrons. The highest BCUT2D eigenvalue weighted by molar-refractivity contribution is 14.0. The third-order valence-electron chi connectivity index (χ3n) is 5.19. The smallest absolute Gasteiger partial charge is 0.191 e. The van der Waals surface area contributed by atoms with Gasteiger partial charge in [-0.1, -0.05) is 36.8 Å². The maximum absolute atomic E-state index is 5.27. The van der Waals surface area contributed by atoms with E-state index >= 15 is 0 Å². The van der Waals surface area contributed by atoms with Gasteiger partial charge >= 0.3 is 0 Å². The Kier molecular flexibility index (Phi) is 11.2. The summed E-state index contributed by atoms with van der Waals surface area (Å²) in [5.74, 6) is 0.900. The second-order valence-corrected chi connectivity index (χ2v) is 7.17. The number of hydrogen-bond donors (Lipinski definition) is 2. The number of nitrogens with one attached hydrogen (secondary N) is 2. The molecule has 0 saturated heterocycles. The van der Waals surface area contributed by atoms with E-state index in [0.717, 1.165) is 45.2 Å². The van der Waals surface area contributed by atoms with E-state index in [1.54, 1.807) is 7.11 Å². The van der Waals surface area contributed by atoms with Crippen LogP contribution in [0.3, 0.4) is 0 Å². The van der Waals surface area contributed by atoms with E-state index in [2.05, 4.69) is 57.9 Å². The van der Waals surface area contributed by atoms with Crippen LogP contribution in [0.25, 0.3) is 0 Å². The van der Waals surface area contributed by atoms with E-state index in [0.29, 0.717) is 5.41 Å². The van der Waals surface area contributed by atoms with Crippen molar-refractivity contribution in [1.82, 2.24) is 15.5 Å². The molecular formula is C20H35IN4O. The average molecular weight is 474 g/mol. The first-order chi connectivity index (χ1) is 12.2. The number of halogens is 1. The Morgan fingerprint density at radius 1 is 1.23 bits per heavy atom. The van der Waals surface area contributed by atoms with Gasteiger partial charge in [-0.05, 0) is 37.3 Å². The zero-order chi connectivity index (χ0) is 18.0. The van der Waals surface area contributed by atoms with Crippen molar-refractivity contribution in [3.63, 3.8) is 0 Å². The van der Waals surface area contributed by atoms with Crippen LogP contribution in [0, 0.1) is 5.41 Å². The number of benzene rings is 1. The molecule has 2 rings (SSSR count). The minimum Gasteiger partial charge on any atom is -0.385 e. The summed E-state index contributed by atoms with van der Waals surface area (Å²) in [5, 5.41) is 6.94. The molecule has 0 aromatic heterocycles. The summed E-state index contributed by atoms with van der Waals surface area (Å²) in [6.07, 6.45) is 5.05. The van der Waals surface area contributed by atoms with Crippen LogP contribution in [-0.2, 0) is 11.3 Å². The Morgan fingerprint density at radius 2 is 1.96 bits per heavy atom.